The lowest BCUT2D eigenvalue weighted by Gasteiger charge is -2.30. The smallest absolute Gasteiger partial charge is 0.308 e. The fourth-order valence-corrected chi connectivity index (χ4v) is 2.86. The number of nitrogens with zero attached hydrogens (tertiary/aromatic N) is 1. The molecule has 4 heteroatoms. The van der Waals surface area contributed by atoms with Crippen LogP contribution in [0, 0.1) is 25.7 Å². The van der Waals surface area contributed by atoms with Gasteiger partial charge in [-0.1, -0.05) is 38.4 Å². The number of aryl methyl sites for hydroxylation is 2. The molecule has 0 amide bonds. The molecular formula is C16H24ClNO2. The summed E-state index contributed by atoms with van der Waals surface area (Å²) in [5.41, 5.74) is 3.17. The fourth-order valence-electron chi connectivity index (χ4n) is 2.42. The van der Waals surface area contributed by atoms with Gasteiger partial charge < -0.3 is 10.0 Å². The van der Waals surface area contributed by atoms with Crippen LogP contribution in [-0.2, 0) is 4.79 Å². The van der Waals surface area contributed by atoms with Crippen LogP contribution in [0.1, 0.15) is 31.9 Å². The predicted molar refractivity (Wildman–Crippen MR) is 84.8 cm³/mol. The maximum Gasteiger partial charge on any atom is 0.308 e. The molecule has 1 N–H and O–H groups in total. The number of hydrogen-bond donors (Lipinski definition) is 1. The Morgan fingerprint density at radius 3 is 2.30 bits per heavy atom. The molecule has 0 aliphatic carbocycles. The number of halogens is 1. The van der Waals surface area contributed by atoms with Gasteiger partial charge in [-0.05, 0) is 37.0 Å². The number of aliphatic carboxylic acids is 1. The van der Waals surface area contributed by atoms with Crippen LogP contribution in [0.2, 0.25) is 5.02 Å². The first kappa shape index (κ1) is 16.8. The third-order valence-electron chi connectivity index (χ3n) is 3.22. The molecule has 0 bridgehead atoms. The van der Waals surface area contributed by atoms with Crippen molar-refractivity contribution in [2.24, 2.45) is 11.8 Å². The Labute approximate surface area is 126 Å². The largest absolute Gasteiger partial charge is 0.481 e. The minimum absolute atomic E-state index is 0.425. The minimum Gasteiger partial charge on any atom is -0.481 e. The van der Waals surface area contributed by atoms with E-state index in [9.17, 15) is 4.79 Å². The van der Waals surface area contributed by atoms with Crippen molar-refractivity contribution in [2.45, 2.75) is 34.6 Å². The lowest BCUT2D eigenvalue weighted by atomic mass is 10.1. The molecule has 3 nitrogen and oxygen atoms in total. The maximum atomic E-state index is 11.1. The van der Waals surface area contributed by atoms with Gasteiger partial charge >= 0.3 is 5.97 Å². The van der Waals surface area contributed by atoms with Gasteiger partial charge in [-0.15, -0.1) is 0 Å². The standard InChI is InChI=1S/C16H24ClNO2/c1-10(2)8-18(9-13(5)16(19)20)15-12(4)6-11(3)7-14(15)17/h6-7,10,13H,8-9H2,1-5H3,(H,19,20). The lowest BCUT2D eigenvalue weighted by molar-refractivity contribution is -0.140. The molecule has 0 aromatic heterocycles. The van der Waals surface area contributed by atoms with Crippen LogP contribution < -0.4 is 4.90 Å². The van der Waals surface area contributed by atoms with E-state index in [1.807, 2.05) is 19.9 Å². The summed E-state index contributed by atoms with van der Waals surface area (Å²) in [7, 11) is 0. The van der Waals surface area contributed by atoms with Gasteiger partial charge in [0.25, 0.3) is 0 Å². The molecule has 0 aliphatic heterocycles. The van der Waals surface area contributed by atoms with E-state index >= 15 is 0 Å². The van der Waals surface area contributed by atoms with E-state index in [1.54, 1.807) is 6.92 Å². The van der Waals surface area contributed by atoms with E-state index in [4.69, 9.17) is 16.7 Å². The number of hydrogen-bond acceptors (Lipinski definition) is 2. The highest BCUT2D eigenvalue weighted by molar-refractivity contribution is 6.33. The molecule has 1 unspecified atom stereocenters. The Hall–Kier alpha value is -1.22. The van der Waals surface area contributed by atoms with Gasteiger partial charge in [0.2, 0.25) is 0 Å². The van der Waals surface area contributed by atoms with Crippen LogP contribution in [0.3, 0.4) is 0 Å². The summed E-state index contributed by atoms with van der Waals surface area (Å²) >= 11 is 6.39. The van der Waals surface area contributed by atoms with Crippen LogP contribution in [0.5, 0.6) is 0 Å². The Bertz CT molecular complexity index is 462. The van der Waals surface area contributed by atoms with Crippen molar-refractivity contribution in [2.75, 3.05) is 18.0 Å². The van der Waals surface area contributed by atoms with Crippen molar-refractivity contribution in [3.05, 3.63) is 28.3 Å². The molecule has 0 aliphatic rings. The summed E-state index contributed by atoms with van der Waals surface area (Å²) in [5.74, 6) is -0.766. The van der Waals surface area contributed by atoms with Crippen molar-refractivity contribution in [3.8, 4) is 0 Å². The normalized spacial score (nSPS) is 12.6. The Morgan fingerprint density at radius 2 is 1.85 bits per heavy atom. The molecule has 1 aromatic carbocycles. The van der Waals surface area contributed by atoms with E-state index in [2.05, 4.69) is 24.8 Å². The van der Waals surface area contributed by atoms with Crippen molar-refractivity contribution in [1.29, 1.82) is 0 Å². The lowest BCUT2D eigenvalue weighted by Crippen LogP contribution is -2.35. The SMILES string of the molecule is Cc1cc(C)c(N(CC(C)C)CC(C)C(=O)O)c(Cl)c1. The molecule has 0 saturated carbocycles. The topological polar surface area (TPSA) is 40.5 Å². The van der Waals surface area contributed by atoms with E-state index in [-0.39, 0.29) is 0 Å². The summed E-state index contributed by atoms with van der Waals surface area (Å²) in [6.07, 6.45) is 0. The second-order valence-corrected chi connectivity index (χ2v) is 6.36. The molecule has 1 rings (SSSR count). The number of anilines is 1. The fraction of sp³-hybridized carbons (Fsp3) is 0.562. The first-order chi connectivity index (χ1) is 9.22. The zero-order valence-electron chi connectivity index (χ0n) is 12.9. The highest BCUT2D eigenvalue weighted by atomic mass is 35.5. The summed E-state index contributed by atoms with van der Waals surface area (Å²) < 4.78 is 0. The van der Waals surface area contributed by atoms with Crippen LogP contribution >= 0.6 is 11.6 Å². The van der Waals surface area contributed by atoms with Gasteiger partial charge in [0, 0.05) is 13.1 Å². The highest BCUT2D eigenvalue weighted by Gasteiger charge is 2.20. The summed E-state index contributed by atoms with van der Waals surface area (Å²) in [5, 5.41) is 9.83. The maximum absolute atomic E-state index is 11.1. The first-order valence-corrected chi connectivity index (χ1v) is 7.34. The molecule has 112 valence electrons. The summed E-state index contributed by atoms with van der Waals surface area (Å²) in [6.45, 7) is 11.3. The van der Waals surface area contributed by atoms with Gasteiger partial charge in [0.15, 0.2) is 0 Å². The zero-order valence-corrected chi connectivity index (χ0v) is 13.7. The zero-order chi connectivity index (χ0) is 15.4. The molecule has 0 saturated heterocycles. The van der Waals surface area contributed by atoms with Crippen LogP contribution in [0.15, 0.2) is 12.1 Å². The Kier molecular flexibility index (Phi) is 5.88. The van der Waals surface area contributed by atoms with Crippen LogP contribution in [0.25, 0.3) is 0 Å². The summed E-state index contributed by atoms with van der Waals surface area (Å²) in [6, 6.07) is 4.02. The van der Waals surface area contributed by atoms with E-state index in [0.717, 1.165) is 23.4 Å². The van der Waals surface area contributed by atoms with E-state index in [0.29, 0.717) is 17.5 Å². The first-order valence-electron chi connectivity index (χ1n) is 6.96. The Morgan fingerprint density at radius 1 is 1.25 bits per heavy atom. The Balaban J connectivity index is 3.14. The molecule has 0 radical (unpaired) electrons. The average Bonchev–Trinajstić information content (AvgIpc) is 2.25. The van der Waals surface area contributed by atoms with Crippen LogP contribution in [-0.4, -0.2) is 24.2 Å². The van der Waals surface area contributed by atoms with Gasteiger partial charge in [-0.3, -0.25) is 4.79 Å². The molecule has 1 aromatic rings. The average molecular weight is 298 g/mol. The van der Waals surface area contributed by atoms with Crippen molar-refractivity contribution >= 4 is 23.3 Å². The van der Waals surface area contributed by atoms with Gasteiger partial charge in [-0.25, -0.2) is 0 Å². The quantitative estimate of drug-likeness (QED) is 0.858. The third kappa shape index (κ3) is 4.41. The number of carboxylic acids is 1. The number of benzene rings is 1. The molecule has 1 atom stereocenters. The summed E-state index contributed by atoms with van der Waals surface area (Å²) in [4.78, 5) is 13.2. The van der Waals surface area contributed by atoms with Gasteiger partial charge in [0.1, 0.15) is 0 Å². The predicted octanol–water partition coefficient (Wildman–Crippen LogP) is 4.14. The van der Waals surface area contributed by atoms with Gasteiger partial charge in [-0.2, -0.15) is 0 Å². The third-order valence-corrected chi connectivity index (χ3v) is 3.50. The van der Waals surface area contributed by atoms with Gasteiger partial charge in [0.05, 0.1) is 16.6 Å². The van der Waals surface area contributed by atoms with Crippen molar-refractivity contribution < 1.29 is 9.90 Å². The molecule has 20 heavy (non-hydrogen) atoms. The number of rotatable bonds is 6. The highest BCUT2D eigenvalue weighted by Crippen LogP contribution is 2.32. The molecule has 0 heterocycles. The molecule has 0 fully saturated rings. The van der Waals surface area contributed by atoms with Crippen molar-refractivity contribution in [3.63, 3.8) is 0 Å². The monoisotopic (exact) mass is 297 g/mol. The second-order valence-electron chi connectivity index (χ2n) is 5.95. The van der Waals surface area contributed by atoms with E-state index in [1.165, 1.54) is 0 Å². The number of carbonyl (C=O) groups is 1. The number of carboxylic acid groups (broad SMARTS) is 1. The van der Waals surface area contributed by atoms with E-state index < -0.39 is 11.9 Å². The minimum atomic E-state index is -0.778. The second kappa shape index (κ2) is 6.98. The van der Waals surface area contributed by atoms with Crippen LogP contribution in [0.4, 0.5) is 5.69 Å². The molecule has 0 spiro atoms. The molecular weight excluding hydrogens is 274 g/mol. The van der Waals surface area contributed by atoms with Crippen molar-refractivity contribution in [1.82, 2.24) is 0 Å².